The SMILES string of the molecule is C=CCOC(=O)[C@@]1(C(=C)c2ccccc2)CCC1=O. The summed E-state index contributed by atoms with van der Waals surface area (Å²) in [5, 5.41) is 0. The normalized spacial score (nSPS) is 21.4. The lowest BCUT2D eigenvalue weighted by molar-refractivity contribution is -0.160. The van der Waals surface area contributed by atoms with E-state index in [9.17, 15) is 9.59 Å². The molecular weight excluding hydrogens is 240 g/mol. The van der Waals surface area contributed by atoms with Crippen molar-refractivity contribution < 1.29 is 14.3 Å². The molecule has 19 heavy (non-hydrogen) atoms. The maximum Gasteiger partial charge on any atom is 0.324 e. The number of ketones is 1. The Kier molecular flexibility index (Phi) is 3.65. The molecule has 0 spiro atoms. The van der Waals surface area contributed by atoms with Gasteiger partial charge in [-0.05, 0) is 17.6 Å². The molecule has 0 saturated heterocycles. The first-order valence-corrected chi connectivity index (χ1v) is 6.19. The van der Waals surface area contributed by atoms with Crippen LogP contribution in [-0.2, 0) is 14.3 Å². The molecule has 0 heterocycles. The quantitative estimate of drug-likeness (QED) is 0.462. The average molecular weight is 256 g/mol. The van der Waals surface area contributed by atoms with Crippen LogP contribution in [0.15, 0.2) is 49.6 Å². The van der Waals surface area contributed by atoms with Gasteiger partial charge in [-0.2, -0.15) is 0 Å². The lowest BCUT2D eigenvalue weighted by Gasteiger charge is -2.39. The number of carbonyl (C=O) groups is 2. The minimum absolute atomic E-state index is 0.107. The van der Waals surface area contributed by atoms with Gasteiger partial charge in [-0.25, -0.2) is 0 Å². The van der Waals surface area contributed by atoms with Crippen molar-refractivity contribution in [1.29, 1.82) is 0 Å². The first kappa shape index (κ1) is 13.3. The number of carbonyl (C=O) groups excluding carboxylic acids is 2. The zero-order valence-corrected chi connectivity index (χ0v) is 10.7. The van der Waals surface area contributed by atoms with Gasteiger partial charge in [0.1, 0.15) is 6.61 Å². The van der Waals surface area contributed by atoms with Gasteiger partial charge >= 0.3 is 5.97 Å². The molecule has 1 aliphatic carbocycles. The number of Topliss-reactive ketones (excluding diaryl/α,β-unsaturated/α-hetero) is 1. The number of esters is 1. The Balaban J connectivity index is 2.30. The van der Waals surface area contributed by atoms with E-state index in [1.54, 1.807) is 0 Å². The molecule has 98 valence electrons. The molecule has 1 aromatic rings. The van der Waals surface area contributed by atoms with Crippen molar-refractivity contribution >= 4 is 17.3 Å². The van der Waals surface area contributed by atoms with E-state index in [0.717, 1.165) is 5.56 Å². The van der Waals surface area contributed by atoms with Crippen LogP contribution in [0.5, 0.6) is 0 Å². The Morgan fingerprint density at radius 1 is 1.37 bits per heavy atom. The van der Waals surface area contributed by atoms with Crippen LogP contribution in [-0.4, -0.2) is 18.4 Å². The molecule has 0 aliphatic heterocycles. The van der Waals surface area contributed by atoms with Crippen LogP contribution >= 0.6 is 0 Å². The van der Waals surface area contributed by atoms with Crippen LogP contribution in [0, 0.1) is 5.41 Å². The van der Waals surface area contributed by atoms with Crippen LogP contribution in [0.4, 0.5) is 0 Å². The lowest BCUT2D eigenvalue weighted by atomic mass is 9.62. The van der Waals surface area contributed by atoms with Crippen LogP contribution in [0.1, 0.15) is 18.4 Å². The van der Waals surface area contributed by atoms with Gasteiger partial charge in [0.15, 0.2) is 11.2 Å². The molecule has 0 radical (unpaired) electrons. The second kappa shape index (κ2) is 5.22. The van der Waals surface area contributed by atoms with Crippen LogP contribution in [0.3, 0.4) is 0 Å². The van der Waals surface area contributed by atoms with Gasteiger partial charge in [-0.3, -0.25) is 9.59 Å². The molecule has 2 rings (SSSR count). The van der Waals surface area contributed by atoms with Crippen LogP contribution < -0.4 is 0 Å². The van der Waals surface area contributed by atoms with E-state index >= 15 is 0 Å². The Labute approximate surface area is 112 Å². The predicted octanol–water partition coefficient (Wildman–Crippen LogP) is 2.78. The molecule has 0 aromatic heterocycles. The van der Waals surface area contributed by atoms with Gasteiger partial charge in [-0.15, -0.1) is 0 Å². The largest absolute Gasteiger partial charge is 0.460 e. The predicted molar refractivity (Wildman–Crippen MR) is 73.3 cm³/mol. The molecule has 1 aliphatic rings. The van der Waals surface area contributed by atoms with E-state index in [2.05, 4.69) is 13.2 Å². The van der Waals surface area contributed by atoms with Crippen molar-refractivity contribution in [3.8, 4) is 0 Å². The summed E-state index contributed by atoms with van der Waals surface area (Å²) in [6, 6.07) is 9.27. The van der Waals surface area contributed by atoms with Crippen molar-refractivity contribution in [3.63, 3.8) is 0 Å². The van der Waals surface area contributed by atoms with Crippen molar-refractivity contribution in [2.75, 3.05) is 6.61 Å². The van der Waals surface area contributed by atoms with Gasteiger partial charge in [0.05, 0.1) is 0 Å². The summed E-state index contributed by atoms with van der Waals surface area (Å²) in [7, 11) is 0. The maximum absolute atomic E-state index is 12.2. The Morgan fingerprint density at radius 2 is 2.05 bits per heavy atom. The van der Waals surface area contributed by atoms with Gasteiger partial charge in [0, 0.05) is 6.42 Å². The molecule has 1 atom stereocenters. The van der Waals surface area contributed by atoms with Gasteiger partial charge in [0.25, 0.3) is 0 Å². The number of hydrogen-bond donors (Lipinski definition) is 0. The van der Waals surface area contributed by atoms with Crippen molar-refractivity contribution in [2.24, 2.45) is 5.41 Å². The van der Waals surface area contributed by atoms with Crippen molar-refractivity contribution in [2.45, 2.75) is 12.8 Å². The molecule has 0 amide bonds. The van der Waals surface area contributed by atoms with E-state index in [1.807, 2.05) is 30.3 Å². The summed E-state index contributed by atoms with van der Waals surface area (Å²) >= 11 is 0. The molecule has 0 N–H and O–H groups in total. The highest BCUT2D eigenvalue weighted by atomic mass is 16.5. The molecule has 3 heteroatoms. The minimum Gasteiger partial charge on any atom is -0.460 e. The molecule has 0 unspecified atom stereocenters. The van der Waals surface area contributed by atoms with E-state index in [1.165, 1.54) is 6.08 Å². The number of ether oxygens (including phenoxy) is 1. The Hall–Kier alpha value is -2.16. The summed E-state index contributed by atoms with van der Waals surface area (Å²) in [6.45, 7) is 7.55. The van der Waals surface area contributed by atoms with E-state index in [0.29, 0.717) is 18.4 Å². The summed E-state index contributed by atoms with van der Waals surface area (Å²) < 4.78 is 5.07. The fourth-order valence-electron chi connectivity index (χ4n) is 2.28. The molecular formula is C16H16O3. The molecule has 1 aromatic carbocycles. The van der Waals surface area contributed by atoms with Gasteiger partial charge in [0.2, 0.25) is 0 Å². The van der Waals surface area contributed by atoms with Crippen molar-refractivity contribution in [3.05, 3.63) is 55.1 Å². The van der Waals surface area contributed by atoms with E-state index in [4.69, 9.17) is 4.74 Å². The first-order valence-electron chi connectivity index (χ1n) is 6.19. The van der Waals surface area contributed by atoms with Gasteiger partial charge < -0.3 is 4.74 Å². The highest BCUT2D eigenvalue weighted by Gasteiger charge is 2.55. The smallest absolute Gasteiger partial charge is 0.324 e. The van der Waals surface area contributed by atoms with E-state index in [-0.39, 0.29) is 12.4 Å². The molecule has 1 saturated carbocycles. The fraction of sp³-hybridized carbons (Fsp3) is 0.250. The van der Waals surface area contributed by atoms with Gasteiger partial charge in [-0.1, -0.05) is 49.6 Å². The Bertz CT molecular complexity index is 530. The van der Waals surface area contributed by atoms with Crippen molar-refractivity contribution in [1.82, 2.24) is 0 Å². The molecule has 3 nitrogen and oxygen atoms in total. The second-order valence-electron chi connectivity index (χ2n) is 4.56. The number of hydrogen-bond acceptors (Lipinski definition) is 3. The number of benzene rings is 1. The van der Waals surface area contributed by atoms with Crippen LogP contribution in [0.2, 0.25) is 0 Å². The summed E-state index contributed by atoms with van der Waals surface area (Å²) in [5.41, 5.74) is 0.134. The fourth-order valence-corrected chi connectivity index (χ4v) is 2.28. The average Bonchev–Trinajstić information content (AvgIpc) is 2.44. The second-order valence-corrected chi connectivity index (χ2v) is 4.56. The summed E-state index contributed by atoms with van der Waals surface area (Å²) in [4.78, 5) is 24.2. The van der Waals surface area contributed by atoms with E-state index < -0.39 is 11.4 Å². The lowest BCUT2D eigenvalue weighted by Crippen LogP contribution is -2.49. The standard InChI is InChI=1S/C16H16O3/c1-3-11-19-15(18)16(10-9-14(16)17)12(2)13-7-5-4-6-8-13/h3-8H,1-2,9-11H2/t16-/m1/s1. The maximum atomic E-state index is 12.2. The van der Waals surface area contributed by atoms with Crippen LogP contribution in [0.25, 0.3) is 5.57 Å². The number of rotatable bonds is 5. The highest BCUT2D eigenvalue weighted by Crippen LogP contribution is 2.48. The molecule has 1 fully saturated rings. The highest BCUT2D eigenvalue weighted by molar-refractivity contribution is 6.18. The third-order valence-corrected chi connectivity index (χ3v) is 3.52. The first-order chi connectivity index (χ1) is 9.13. The molecule has 0 bridgehead atoms. The zero-order valence-electron chi connectivity index (χ0n) is 10.7. The monoisotopic (exact) mass is 256 g/mol. The third-order valence-electron chi connectivity index (χ3n) is 3.52. The summed E-state index contributed by atoms with van der Waals surface area (Å²) in [5.74, 6) is -0.632. The minimum atomic E-state index is -1.19. The summed E-state index contributed by atoms with van der Waals surface area (Å²) in [6.07, 6.45) is 2.35. The third kappa shape index (κ3) is 2.12. The topological polar surface area (TPSA) is 43.4 Å². The zero-order chi connectivity index (χ0) is 13.9. The Morgan fingerprint density at radius 3 is 2.53 bits per heavy atom.